The third-order valence-corrected chi connectivity index (χ3v) is 3.69. The third-order valence-electron chi connectivity index (χ3n) is 2.35. The Morgan fingerprint density at radius 1 is 1.62 bits per heavy atom. The van der Waals surface area contributed by atoms with Crippen LogP contribution in [0, 0.1) is 6.92 Å². The van der Waals surface area contributed by atoms with Crippen LogP contribution in [0.4, 0.5) is 5.82 Å². The van der Waals surface area contributed by atoms with Gasteiger partial charge in [-0.05, 0) is 31.7 Å². The fourth-order valence-electron chi connectivity index (χ4n) is 1.31. The maximum Gasteiger partial charge on any atom is 0.224 e. The number of thioether (sulfide) groups is 1. The van der Waals surface area contributed by atoms with Crippen LogP contribution in [0.2, 0.25) is 5.28 Å². The van der Waals surface area contributed by atoms with E-state index in [9.17, 15) is 5.11 Å². The van der Waals surface area contributed by atoms with Crippen molar-refractivity contribution < 1.29 is 5.11 Å². The Labute approximate surface area is 105 Å². The van der Waals surface area contributed by atoms with Gasteiger partial charge in [0, 0.05) is 23.1 Å². The minimum Gasteiger partial charge on any atom is -0.395 e. The van der Waals surface area contributed by atoms with Crippen molar-refractivity contribution in [1.82, 2.24) is 9.97 Å². The predicted molar refractivity (Wildman–Crippen MR) is 69.3 cm³/mol. The Kier molecular flexibility index (Phi) is 5.31. The number of nitrogens with one attached hydrogen (secondary N) is 1. The second-order valence-electron chi connectivity index (χ2n) is 3.56. The maximum atomic E-state index is 9.18. The van der Waals surface area contributed by atoms with Crippen molar-refractivity contribution in [3.8, 4) is 0 Å². The van der Waals surface area contributed by atoms with Crippen LogP contribution in [-0.4, -0.2) is 39.2 Å². The molecule has 0 aliphatic rings. The summed E-state index contributed by atoms with van der Waals surface area (Å²) in [4.78, 5) is 8.01. The summed E-state index contributed by atoms with van der Waals surface area (Å²) in [5.74, 6) is 0.722. The lowest BCUT2D eigenvalue weighted by Crippen LogP contribution is -2.31. The summed E-state index contributed by atoms with van der Waals surface area (Å²) in [6.07, 6.45) is 3.65. The Hall–Kier alpha value is -0.520. The highest BCUT2D eigenvalue weighted by atomic mass is 35.5. The zero-order valence-corrected chi connectivity index (χ0v) is 11.1. The van der Waals surface area contributed by atoms with Crippen molar-refractivity contribution in [2.75, 3.05) is 18.2 Å². The number of hydrogen-bond acceptors (Lipinski definition) is 5. The number of rotatable bonds is 5. The Morgan fingerprint density at radius 2 is 2.31 bits per heavy atom. The molecule has 1 heterocycles. The second-order valence-corrected chi connectivity index (χ2v) is 4.98. The molecule has 2 N–H and O–H groups in total. The lowest BCUT2D eigenvalue weighted by atomic mass is 10.2. The lowest BCUT2D eigenvalue weighted by molar-refractivity contribution is 0.288. The molecule has 0 saturated carbocycles. The standard InChI is InChI=1S/C10H16ClN3OS/c1-6-4-12-10(11)14-9(6)13-7(2)8(5-15)16-3/h4,7-8,15H,5H2,1-3H3,(H,12,13,14). The largest absolute Gasteiger partial charge is 0.395 e. The molecule has 2 unspecified atom stereocenters. The zero-order valence-electron chi connectivity index (χ0n) is 9.57. The molecular formula is C10H16ClN3OS. The SMILES string of the molecule is CSC(CO)C(C)Nc1nc(Cl)ncc1C. The Morgan fingerprint density at radius 3 is 2.88 bits per heavy atom. The zero-order chi connectivity index (χ0) is 12.1. The summed E-state index contributed by atoms with van der Waals surface area (Å²) < 4.78 is 0. The van der Waals surface area contributed by atoms with Crippen LogP contribution in [-0.2, 0) is 0 Å². The number of aryl methyl sites for hydroxylation is 1. The Balaban J connectivity index is 2.75. The van der Waals surface area contributed by atoms with Gasteiger partial charge in [0.1, 0.15) is 5.82 Å². The van der Waals surface area contributed by atoms with Crippen molar-refractivity contribution in [1.29, 1.82) is 0 Å². The summed E-state index contributed by atoms with van der Waals surface area (Å²) in [7, 11) is 0. The minimum atomic E-state index is 0.115. The first-order chi connectivity index (χ1) is 7.58. The topological polar surface area (TPSA) is 58.0 Å². The van der Waals surface area contributed by atoms with E-state index in [1.54, 1.807) is 18.0 Å². The molecular weight excluding hydrogens is 246 g/mol. The molecule has 6 heteroatoms. The average Bonchev–Trinajstić information content (AvgIpc) is 2.25. The van der Waals surface area contributed by atoms with E-state index in [2.05, 4.69) is 15.3 Å². The predicted octanol–water partition coefficient (Wildman–Crippen LogP) is 1.96. The molecule has 0 spiro atoms. The van der Waals surface area contributed by atoms with E-state index in [4.69, 9.17) is 11.6 Å². The van der Waals surface area contributed by atoms with Gasteiger partial charge < -0.3 is 10.4 Å². The van der Waals surface area contributed by atoms with Gasteiger partial charge in [-0.15, -0.1) is 0 Å². The monoisotopic (exact) mass is 261 g/mol. The number of halogens is 1. The highest BCUT2D eigenvalue weighted by Crippen LogP contribution is 2.18. The molecule has 0 aliphatic carbocycles. The smallest absolute Gasteiger partial charge is 0.224 e. The maximum absolute atomic E-state index is 9.18. The fraction of sp³-hybridized carbons (Fsp3) is 0.600. The molecule has 1 rings (SSSR count). The van der Waals surface area contributed by atoms with Gasteiger partial charge in [0.2, 0.25) is 5.28 Å². The third kappa shape index (κ3) is 3.50. The van der Waals surface area contributed by atoms with E-state index >= 15 is 0 Å². The first-order valence-corrected chi connectivity index (χ1v) is 6.64. The van der Waals surface area contributed by atoms with Crippen LogP contribution < -0.4 is 5.32 Å². The van der Waals surface area contributed by atoms with Crippen LogP contribution >= 0.6 is 23.4 Å². The van der Waals surface area contributed by atoms with Crippen LogP contribution in [0.5, 0.6) is 0 Å². The van der Waals surface area contributed by atoms with Crippen molar-refractivity contribution in [2.45, 2.75) is 25.1 Å². The molecule has 16 heavy (non-hydrogen) atoms. The van der Waals surface area contributed by atoms with Crippen molar-refractivity contribution in [3.05, 3.63) is 17.0 Å². The lowest BCUT2D eigenvalue weighted by Gasteiger charge is -2.22. The molecule has 0 aliphatic heterocycles. The summed E-state index contributed by atoms with van der Waals surface area (Å²) in [5.41, 5.74) is 0.939. The second kappa shape index (κ2) is 6.27. The van der Waals surface area contributed by atoms with E-state index in [-0.39, 0.29) is 23.2 Å². The van der Waals surface area contributed by atoms with E-state index < -0.39 is 0 Å². The molecule has 1 aromatic rings. The first kappa shape index (κ1) is 13.5. The summed E-state index contributed by atoms with van der Waals surface area (Å²) in [5, 5.41) is 12.8. The number of aliphatic hydroxyl groups excluding tert-OH is 1. The van der Waals surface area contributed by atoms with Gasteiger partial charge in [-0.3, -0.25) is 0 Å². The van der Waals surface area contributed by atoms with E-state index in [0.29, 0.717) is 0 Å². The van der Waals surface area contributed by atoms with Crippen molar-refractivity contribution in [2.24, 2.45) is 0 Å². The molecule has 0 bridgehead atoms. The summed E-state index contributed by atoms with van der Waals surface area (Å²) in [6.45, 7) is 4.05. The summed E-state index contributed by atoms with van der Waals surface area (Å²) >= 11 is 7.35. The molecule has 0 amide bonds. The van der Waals surface area contributed by atoms with E-state index in [1.165, 1.54) is 0 Å². The number of hydrogen-bond donors (Lipinski definition) is 2. The molecule has 1 aromatic heterocycles. The molecule has 0 aromatic carbocycles. The minimum absolute atomic E-state index is 0.115. The van der Waals surface area contributed by atoms with Crippen LogP contribution in [0.25, 0.3) is 0 Å². The number of nitrogens with zero attached hydrogens (tertiary/aromatic N) is 2. The van der Waals surface area contributed by atoms with E-state index in [1.807, 2.05) is 20.1 Å². The highest BCUT2D eigenvalue weighted by Gasteiger charge is 2.16. The average molecular weight is 262 g/mol. The highest BCUT2D eigenvalue weighted by molar-refractivity contribution is 7.99. The van der Waals surface area contributed by atoms with Crippen molar-refractivity contribution >= 4 is 29.2 Å². The molecule has 0 radical (unpaired) electrons. The first-order valence-electron chi connectivity index (χ1n) is 4.97. The van der Waals surface area contributed by atoms with Crippen LogP contribution in [0.3, 0.4) is 0 Å². The summed E-state index contributed by atoms with van der Waals surface area (Å²) in [6, 6.07) is 0.115. The van der Waals surface area contributed by atoms with Gasteiger partial charge in [0.25, 0.3) is 0 Å². The van der Waals surface area contributed by atoms with Gasteiger partial charge >= 0.3 is 0 Å². The van der Waals surface area contributed by atoms with Gasteiger partial charge in [-0.1, -0.05) is 0 Å². The van der Waals surface area contributed by atoms with Gasteiger partial charge in [-0.25, -0.2) is 9.97 Å². The molecule has 0 saturated heterocycles. The van der Waals surface area contributed by atoms with Gasteiger partial charge in [0.05, 0.1) is 6.61 Å². The quantitative estimate of drug-likeness (QED) is 0.794. The van der Waals surface area contributed by atoms with Crippen LogP contribution in [0.15, 0.2) is 6.20 Å². The molecule has 0 fully saturated rings. The van der Waals surface area contributed by atoms with Gasteiger partial charge in [0.15, 0.2) is 0 Å². The van der Waals surface area contributed by atoms with E-state index in [0.717, 1.165) is 11.4 Å². The van der Waals surface area contributed by atoms with Crippen molar-refractivity contribution in [3.63, 3.8) is 0 Å². The fourth-order valence-corrected chi connectivity index (χ4v) is 2.07. The Bertz CT molecular complexity index is 347. The van der Waals surface area contributed by atoms with Gasteiger partial charge in [-0.2, -0.15) is 11.8 Å². The molecule has 90 valence electrons. The number of aromatic nitrogens is 2. The molecule has 4 nitrogen and oxygen atoms in total. The normalized spacial score (nSPS) is 14.6. The number of aliphatic hydroxyl groups is 1. The van der Waals surface area contributed by atoms with Crippen LogP contribution in [0.1, 0.15) is 12.5 Å². The molecule has 2 atom stereocenters. The number of anilines is 1.